The van der Waals surface area contributed by atoms with Crippen molar-refractivity contribution in [1.29, 1.82) is 0 Å². The van der Waals surface area contributed by atoms with Crippen LogP contribution in [-0.4, -0.2) is 49.3 Å². The molecule has 63 heavy (non-hydrogen) atoms. The van der Waals surface area contributed by atoms with Crippen molar-refractivity contribution < 1.29 is 38.1 Å². The van der Waals surface area contributed by atoms with Gasteiger partial charge < -0.3 is 18.9 Å². The van der Waals surface area contributed by atoms with Gasteiger partial charge in [-0.2, -0.15) is 0 Å². The van der Waals surface area contributed by atoms with E-state index in [9.17, 15) is 19.2 Å². The second-order valence-corrected chi connectivity index (χ2v) is 18.8. The van der Waals surface area contributed by atoms with Crippen LogP contribution in [0.3, 0.4) is 0 Å². The summed E-state index contributed by atoms with van der Waals surface area (Å²) in [6, 6.07) is 0. The molecule has 0 N–H and O–H groups in total. The number of unbranched alkanes of at least 4 members (excludes halogenated alkanes) is 28. The Kier molecular flexibility index (Phi) is 47.7. The lowest BCUT2D eigenvalue weighted by Crippen LogP contribution is -2.18. The molecule has 0 heterocycles. The van der Waals surface area contributed by atoms with Gasteiger partial charge in [0, 0.05) is 32.1 Å². The minimum absolute atomic E-state index is 0.00968. The molecule has 8 heteroatoms. The van der Waals surface area contributed by atoms with E-state index in [1.54, 1.807) is 0 Å². The number of hydrogen-bond acceptors (Lipinski definition) is 8. The number of hydrogen-bond donors (Lipinski definition) is 0. The molecule has 0 fully saturated rings. The van der Waals surface area contributed by atoms with Crippen LogP contribution in [-0.2, 0) is 38.1 Å². The Hall–Kier alpha value is -2.12. The zero-order chi connectivity index (χ0) is 46.1. The molecular formula is C55H104O8. The van der Waals surface area contributed by atoms with Gasteiger partial charge in [-0.25, -0.2) is 0 Å². The van der Waals surface area contributed by atoms with Crippen LogP contribution in [0.5, 0.6) is 0 Å². The minimum atomic E-state index is -0.173. The number of esters is 4. The molecule has 0 bridgehead atoms. The van der Waals surface area contributed by atoms with E-state index in [0.29, 0.717) is 32.1 Å². The van der Waals surface area contributed by atoms with Crippen molar-refractivity contribution in [1.82, 2.24) is 0 Å². The standard InChI is InChI=1S/C55H104O8/c1-5-9-13-17-19-29-37-46-54(58)62-50(40-31-15-11-7-3)42-33-25-21-23-27-35-44-52(56)60-48-39-49-61-53(57)45-36-28-24-22-26-34-43-51(41-32-16-12-8-4)63-55(59)47-38-30-20-18-14-10-6-2/h50-51H,5-49H2,1-4H3. The smallest absolute Gasteiger partial charge is 0.306 e. The Morgan fingerprint density at radius 2 is 0.492 bits per heavy atom. The van der Waals surface area contributed by atoms with Gasteiger partial charge in [-0.3, -0.25) is 19.2 Å². The third kappa shape index (κ3) is 46.2. The first kappa shape index (κ1) is 60.9. The van der Waals surface area contributed by atoms with Gasteiger partial charge in [-0.1, -0.05) is 195 Å². The van der Waals surface area contributed by atoms with E-state index in [2.05, 4.69) is 27.7 Å². The van der Waals surface area contributed by atoms with Crippen molar-refractivity contribution in [2.45, 2.75) is 316 Å². The van der Waals surface area contributed by atoms with E-state index in [1.165, 1.54) is 103 Å². The van der Waals surface area contributed by atoms with Crippen molar-refractivity contribution in [3.8, 4) is 0 Å². The summed E-state index contributed by atoms with van der Waals surface area (Å²) < 4.78 is 22.6. The zero-order valence-electron chi connectivity index (χ0n) is 42.2. The zero-order valence-corrected chi connectivity index (χ0v) is 42.2. The maximum Gasteiger partial charge on any atom is 0.306 e. The monoisotopic (exact) mass is 893 g/mol. The summed E-state index contributed by atoms with van der Waals surface area (Å²) in [5.41, 5.74) is 0. The lowest BCUT2D eigenvalue weighted by Gasteiger charge is -2.18. The molecule has 0 aliphatic heterocycles. The van der Waals surface area contributed by atoms with Gasteiger partial charge in [0.15, 0.2) is 0 Å². The molecule has 0 amide bonds. The molecule has 8 nitrogen and oxygen atoms in total. The quantitative estimate of drug-likeness (QED) is 0.0338. The topological polar surface area (TPSA) is 105 Å². The van der Waals surface area contributed by atoms with E-state index < -0.39 is 0 Å². The van der Waals surface area contributed by atoms with Crippen LogP contribution in [0.15, 0.2) is 0 Å². The molecule has 0 saturated heterocycles. The van der Waals surface area contributed by atoms with E-state index >= 15 is 0 Å². The molecule has 0 saturated carbocycles. The Labute approximate surface area is 390 Å². The molecule has 2 unspecified atom stereocenters. The van der Waals surface area contributed by atoms with Crippen molar-refractivity contribution in [3.63, 3.8) is 0 Å². The van der Waals surface area contributed by atoms with Gasteiger partial charge in [0.1, 0.15) is 12.2 Å². The maximum atomic E-state index is 12.5. The van der Waals surface area contributed by atoms with Crippen LogP contribution in [0.1, 0.15) is 304 Å². The van der Waals surface area contributed by atoms with Crippen LogP contribution in [0.25, 0.3) is 0 Å². The maximum absolute atomic E-state index is 12.5. The Morgan fingerprint density at radius 3 is 0.778 bits per heavy atom. The van der Waals surface area contributed by atoms with E-state index in [-0.39, 0.29) is 49.3 Å². The van der Waals surface area contributed by atoms with Gasteiger partial charge in [-0.05, 0) is 77.0 Å². The van der Waals surface area contributed by atoms with Crippen LogP contribution in [0.4, 0.5) is 0 Å². The summed E-state index contributed by atoms with van der Waals surface area (Å²) in [6.07, 6.45) is 45.6. The lowest BCUT2D eigenvalue weighted by atomic mass is 10.0. The normalized spacial score (nSPS) is 12.3. The largest absolute Gasteiger partial charge is 0.466 e. The van der Waals surface area contributed by atoms with Gasteiger partial charge in [0.25, 0.3) is 0 Å². The fourth-order valence-electron chi connectivity index (χ4n) is 8.34. The van der Waals surface area contributed by atoms with Gasteiger partial charge in [-0.15, -0.1) is 0 Å². The number of rotatable bonds is 50. The second-order valence-electron chi connectivity index (χ2n) is 18.8. The Morgan fingerprint density at radius 1 is 0.270 bits per heavy atom. The fraction of sp³-hybridized carbons (Fsp3) is 0.927. The molecule has 0 aromatic carbocycles. The first-order valence-electron chi connectivity index (χ1n) is 27.6. The number of ether oxygens (including phenoxy) is 4. The summed E-state index contributed by atoms with van der Waals surface area (Å²) >= 11 is 0. The summed E-state index contributed by atoms with van der Waals surface area (Å²) in [5, 5.41) is 0. The molecule has 372 valence electrons. The van der Waals surface area contributed by atoms with Crippen molar-refractivity contribution in [2.75, 3.05) is 13.2 Å². The van der Waals surface area contributed by atoms with E-state index in [1.807, 2.05) is 0 Å². The summed E-state index contributed by atoms with van der Waals surface area (Å²) in [6.45, 7) is 9.50. The molecule has 2 atom stereocenters. The molecule has 0 aromatic rings. The number of carbonyl (C=O) groups is 4. The molecule has 0 aliphatic rings. The molecule has 0 spiro atoms. The average Bonchev–Trinajstić information content (AvgIpc) is 3.27. The molecule has 0 rings (SSSR count). The number of carbonyl (C=O) groups excluding carboxylic acids is 4. The molecular weight excluding hydrogens is 789 g/mol. The molecule has 0 aliphatic carbocycles. The van der Waals surface area contributed by atoms with Crippen LogP contribution >= 0.6 is 0 Å². The highest BCUT2D eigenvalue weighted by atomic mass is 16.6. The Balaban J connectivity index is 3.92. The Bertz CT molecular complexity index is 937. The molecule has 0 radical (unpaired) electrons. The summed E-state index contributed by atoms with van der Waals surface area (Å²) in [7, 11) is 0. The van der Waals surface area contributed by atoms with Gasteiger partial charge in [0.2, 0.25) is 0 Å². The van der Waals surface area contributed by atoms with Gasteiger partial charge in [0.05, 0.1) is 13.2 Å². The third-order valence-electron chi connectivity index (χ3n) is 12.5. The van der Waals surface area contributed by atoms with Gasteiger partial charge >= 0.3 is 23.9 Å². The first-order valence-corrected chi connectivity index (χ1v) is 27.6. The lowest BCUT2D eigenvalue weighted by molar-refractivity contribution is -0.151. The highest BCUT2D eigenvalue weighted by Crippen LogP contribution is 2.20. The van der Waals surface area contributed by atoms with Crippen LogP contribution in [0.2, 0.25) is 0 Å². The fourth-order valence-corrected chi connectivity index (χ4v) is 8.34. The predicted molar refractivity (Wildman–Crippen MR) is 263 cm³/mol. The van der Waals surface area contributed by atoms with E-state index in [4.69, 9.17) is 18.9 Å². The highest BCUT2D eigenvalue weighted by Gasteiger charge is 2.16. The predicted octanol–water partition coefficient (Wildman–Crippen LogP) is 16.8. The third-order valence-corrected chi connectivity index (χ3v) is 12.5. The van der Waals surface area contributed by atoms with Crippen molar-refractivity contribution in [3.05, 3.63) is 0 Å². The molecule has 0 aromatic heterocycles. The summed E-state index contributed by atoms with van der Waals surface area (Å²) in [4.78, 5) is 49.5. The van der Waals surface area contributed by atoms with Crippen molar-refractivity contribution >= 4 is 23.9 Å². The van der Waals surface area contributed by atoms with Crippen LogP contribution in [0, 0.1) is 0 Å². The average molecular weight is 893 g/mol. The summed E-state index contributed by atoms with van der Waals surface area (Å²) in [5.74, 6) is -0.366. The second kappa shape index (κ2) is 49.3. The van der Waals surface area contributed by atoms with E-state index in [0.717, 1.165) is 141 Å². The SMILES string of the molecule is CCCCCCCCCC(=O)OC(CCCCCC)CCCCCCCCC(=O)OCCCOC(=O)CCCCCCCCC(CCCCCC)OC(=O)CCCCCCCCC. The highest BCUT2D eigenvalue weighted by molar-refractivity contribution is 5.70. The van der Waals surface area contributed by atoms with Crippen LogP contribution < -0.4 is 0 Å². The van der Waals surface area contributed by atoms with Crippen molar-refractivity contribution in [2.24, 2.45) is 0 Å². The minimum Gasteiger partial charge on any atom is -0.466 e. The first-order chi connectivity index (χ1) is 30.9.